The van der Waals surface area contributed by atoms with Crippen LogP contribution in [0.5, 0.6) is 5.75 Å². The number of nitrogens with zero attached hydrogens (tertiary/aromatic N) is 1. The molecule has 0 saturated heterocycles. The van der Waals surface area contributed by atoms with Gasteiger partial charge in [0.2, 0.25) is 0 Å². The van der Waals surface area contributed by atoms with Crippen LogP contribution in [0, 0.1) is 11.3 Å². The van der Waals surface area contributed by atoms with Crippen LogP contribution >= 0.6 is 0 Å². The topological polar surface area (TPSA) is 58.2 Å². The number of hydrogen-bond acceptors (Lipinski definition) is 4. The Morgan fingerprint density at radius 2 is 2.26 bits per heavy atom. The van der Waals surface area contributed by atoms with Crippen LogP contribution in [0.3, 0.4) is 0 Å². The number of nitrogens with one attached hydrogen (secondary N) is 1. The van der Waals surface area contributed by atoms with Crippen LogP contribution in [-0.4, -0.2) is 7.11 Å². The third-order valence-electron chi connectivity index (χ3n) is 2.97. The molecule has 4 heteroatoms. The Hall–Kier alpha value is -2.25. The van der Waals surface area contributed by atoms with E-state index in [1.165, 1.54) is 0 Å². The Morgan fingerprint density at radius 3 is 2.89 bits per heavy atom. The molecule has 1 atom stereocenters. The van der Waals surface area contributed by atoms with Gasteiger partial charge in [0.15, 0.2) is 0 Å². The summed E-state index contributed by atoms with van der Waals surface area (Å²) in [6.45, 7) is 2.73. The summed E-state index contributed by atoms with van der Waals surface area (Å²) in [5.74, 6) is 1.51. The second-order valence-corrected chi connectivity index (χ2v) is 4.26. The van der Waals surface area contributed by atoms with Crippen molar-refractivity contribution >= 4 is 0 Å². The van der Waals surface area contributed by atoms with E-state index in [1.807, 2.05) is 31.2 Å². The van der Waals surface area contributed by atoms with E-state index >= 15 is 0 Å². The van der Waals surface area contributed by atoms with Gasteiger partial charge < -0.3 is 14.5 Å². The number of furan rings is 1. The summed E-state index contributed by atoms with van der Waals surface area (Å²) < 4.78 is 10.5. The van der Waals surface area contributed by atoms with Gasteiger partial charge >= 0.3 is 0 Å². The van der Waals surface area contributed by atoms with E-state index in [0.717, 1.165) is 11.3 Å². The molecule has 0 amide bonds. The summed E-state index contributed by atoms with van der Waals surface area (Å²) in [6, 6.07) is 11.6. The number of methoxy groups -OCH3 is 1. The normalized spacial score (nSPS) is 11.8. The van der Waals surface area contributed by atoms with Gasteiger partial charge in [-0.05, 0) is 36.8 Å². The van der Waals surface area contributed by atoms with Gasteiger partial charge in [-0.3, -0.25) is 0 Å². The lowest BCUT2D eigenvalue weighted by Gasteiger charge is -2.12. The first-order valence-electron chi connectivity index (χ1n) is 6.08. The van der Waals surface area contributed by atoms with Crippen molar-refractivity contribution in [2.45, 2.75) is 19.5 Å². The Balaban J connectivity index is 2.02. The maximum Gasteiger partial charge on any atom is 0.136 e. The molecule has 2 rings (SSSR count). The van der Waals surface area contributed by atoms with Gasteiger partial charge in [-0.25, -0.2) is 0 Å². The van der Waals surface area contributed by atoms with E-state index < -0.39 is 0 Å². The van der Waals surface area contributed by atoms with E-state index in [-0.39, 0.29) is 6.04 Å². The van der Waals surface area contributed by atoms with Crippen molar-refractivity contribution in [3.05, 3.63) is 53.5 Å². The molecule has 19 heavy (non-hydrogen) atoms. The Morgan fingerprint density at radius 1 is 1.42 bits per heavy atom. The predicted molar refractivity (Wildman–Crippen MR) is 71.7 cm³/mol. The summed E-state index contributed by atoms with van der Waals surface area (Å²) in [5.41, 5.74) is 1.61. The maximum absolute atomic E-state index is 8.93. The van der Waals surface area contributed by atoms with Crippen LogP contribution in [0.2, 0.25) is 0 Å². The lowest BCUT2D eigenvalue weighted by Crippen LogP contribution is -2.17. The Kier molecular flexibility index (Phi) is 4.22. The molecule has 98 valence electrons. The van der Waals surface area contributed by atoms with E-state index in [4.69, 9.17) is 14.4 Å². The second kappa shape index (κ2) is 6.07. The summed E-state index contributed by atoms with van der Waals surface area (Å²) >= 11 is 0. The fourth-order valence-corrected chi connectivity index (χ4v) is 1.85. The lowest BCUT2D eigenvalue weighted by atomic mass is 10.1. The van der Waals surface area contributed by atoms with Crippen LogP contribution in [0.15, 0.2) is 41.0 Å². The lowest BCUT2D eigenvalue weighted by molar-refractivity contribution is 0.411. The number of rotatable bonds is 5. The molecule has 1 aromatic carbocycles. The van der Waals surface area contributed by atoms with E-state index in [1.54, 1.807) is 19.4 Å². The van der Waals surface area contributed by atoms with E-state index in [0.29, 0.717) is 17.9 Å². The summed E-state index contributed by atoms with van der Waals surface area (Å²) in [6.07, 6.45) is 1.66. The highest BCUT2D eigenvalue weighted by atomic mass is 16.5. The van der Waals surface area contributed by atoms with Gasteiger partial charge in [-0.1, -0.05) is 6.07 Å². The molecule has 0 saturated carbocycles. The first kappa shape index (κ1) is 13.2. The van der Waals surface area contributed by atoms with Gasteiger partial charge in [0.05, 0.1) is 25.0 Å². The third kappa shape index (κ3) is 3.15. The fraction of sp³-hybridized carbons (Fsp3) is 0.267. The van der Waals surface area contributed by atoms with Crippen LogP contribution in [0.25, 0.3) is 0 Å². The number of nitriles is 1. The second-order valence-electron chi connectivity index (χ2n) is 4.26. The summed E-state index contributed by atoms with van der Waals surface area (Å²) in [5, 5.41) is 12.3. The average Bonchev–Trinajstić information content (AvgIpc) is 2.98. The van der Waals surface area contributed by atoms with Gasteiger partial charge in [-0.2, -0.15) is 5.26 Å². The molecule has 4 nitrogen and oxygen atoms in total. The number of benzene rings is 1. The fourth-order valence-electron chi connectivity index (χ4n) is 1.85. The van der Waals surface area contributed by atoms with Crippen molar-refractivity contribution < 1.29 is 9.15 Å². The average molecular weight is 256 g/mol. The van der Waals surface area contributed by atoms with Gasteiger partial charge in [0, 0.05) is 6.54 Å². The highest BCUT2D eigenvalue weighted by Gasteiger charge is 2.08. The van der Waals surface area contributed by atoms with Gasteiger partial charge in [0.1, 0.15) is 17.6 Å². The minimum absolute atomic E-state index is 0.136. The molecule has 0 aliphatic carbocycles. The monoisotopic (exact) mass is 256 g/mol. The number of hydrogen-bond donors (Lipinski definition) is 1. The molecule has 0 fully saturated rings. The van der Waals surface area contributed by atoms with Crippen molar-refractivity contribution in [1.82, 2.24) is 5.32 Å². The zero-order valence-corrected chi connectivity index (χ0v) is 11.0. The van der Waals surface area contributed by atoms with Crippen LogP contribution in [-0.2, 0) is 6.54 Å². The quantitative estimate of drug-likeness (QED) is 0.893. The summed E-state index contributed by atoms with van der Waals surface area (Å²) in [7, 11) is 1.57. The van der Waals surface area contributed by atoms with Crippen LogP contribution < -0.4 is 10.1 Å². The zero-order chi connectivity index (χ0) is 13.7. The molecule has 0 aliphatic heterocycles. The SMILES string of the molecule is COc1cc(CNC(C)c2ccco2)ccc1C#N. The van der Waals surface area contributed by atoms with Crippen LogP contribution in [0.4, 0.5) is 0 Å². The molecule has 1 aromatic heterocycles. The highest BCUT2D eigenvalue weighted by molar-refractivity contribution is 5.45. The van der Waals surface area contributed by atoms with Gasteiger partial charge in [-0.15, -0.1) is 0 Å². The zero-order valence-electron chi connectivity index (χ0n) is 11.0. The third-order valence-corrected chi connectivity index (χ3v) is 2.97. The van der Waals surface area contributed by atoms with E-state index in [9.17, 15) is 0 Å². The highest BCUT2D eigenvalue weighted by Crippen LogP contribution is 2.20. The smallest absolute Gasteiger partial charge is 0.136 e. The van der Waals surface area contributed by atoms with Crippen molar-refractivity contribution in [1.29, 1.82) is 5.26 Å². The van der Waals surface area contributed by atoms with Crippen molar-refractivity contribution in [2.24, 2.45) is 0 Å². The minimum atomic E-state index is 0.136. The molecule has 1 unspecified atom stereocenters. The first-order chi connectivity index (χ1) is 9.24. The Bertz CT molecular complexity index is 570. The predicted octanol–water partition coefficient (Wildman–Crippen LogP) is 3.01. The molecular weight excluding hydrogens is 240 g/mol. The molecule has 2 aromatic rings. The molecule has 0 radical (unpaired) electrons. The van der Waals surface area contributed by atoms with Gasteiger partial charge in [0.25, 0.3) is 0 Å². The molecule has 1 N–H and O–H groups in total. The standard InChI is InChI=1S/C15H16N2O2/c1-11(14-4-3-7-19-14)17-10-12-5-6-13(9-16)15(8-12)18-2/h3-8,11,17H,10H2,1-2H3. The first-order valence-corrected chi connectivity index (χ1v) is 6.08. The molecule has 0 spiro atoms. The van der Waals surface area contributed by atoms with Crippen molar-refractivity contribution in [2.75, 3.05) is 7.11 Å². The summed E-state index contributed by atoms with van der Waals surface area (Å²) in [4.78, 5) is 0. The minimum Gasteiger partial charge on any atom is -0.495 e. The van der Waals surface area contributed by atoms with Crippen LogP contribution in [0.1, 0.15) is 29.9 Å². The Labute approximate surface area is 112 Å². The van der Waals surface area contributed by atoms with Crippen molar-refractivity contribution in [3.63, 3.8) is 0 Å². The van der Waals surface area contributed by atoms with E-state index in [2.05, 4.69) is 11.4 Å². The molecule has 0 bridgehead atoms. The molecular formula is C15H16N2O2. The maximum atomic E-state index is 8.93. The number of ether oxygens (including phenoxy) is 1. The molecule has 1 heterocycles. The van der Waals surface area contributed by atoms with Crippen molar-refractivity contribution in [3.8, 4) is 11.8 Å². The largest absolute Gasteiger partial charge is 0.495 e. The molecule has 0 aliphatic rings.